The van der Waals surface area contributed by atoms with Crippen molar-refractivity contribution in [2.24, 2.45) is 0 Å². The topological polar surface area (TPSA) is 48.5 Å². The predicted molar refractivity (Wildman–Crippen MR) is 93.1 cm³/mol. The van der Waals surface area contributed by atoms with Gasteiger partial charge < -0.3 is 15.1 Å². The average molecular weight is 310 g/mol. The van der Waals surface area contributed by atoms with Crippen LogP contribution in [0.3, 0.4) is 0 Å². The number of nitrogens with zero attached hydrogens (tertiary/aromatic N) is 3. The molecule has 1 aromatic carbocycles. The van der Waals surface area contributed by atoms with Crippen molar-refractivity contribution in [3.63, 3.8) is 0 Å². The van der Waals surface area contributed by atoms with Crippen LogP contribution in [0.1, 0.15) is 15.9 Å². The second-order valence-electron chi connectivity index (χ2n) is 5.99. The van der Waals surface area contributed by atoms with Gasteiger partial charge in [-0.25, -0.2) is 4.98 Å². The highest BCUT2D eigenvalue weighted by Gasteiger charge is 2.21. The summed E-state index contributed by atoms with van der Waals surface area (Å²) in [6.45, 7) is 5.76. The molecular weight excluding hydrogens is 288 g/mol. The molecule has 1 saturated heterocycles. The number of rotatable bonds is 3. The van der Waals surface area contributed by atoms with Gasteiger partial charge in [-0.2, -0.15) is 0 Å². The van der Waals surface area contributed by atoms with Gasteiger partial charge in [-0.3, -0.25) is 4.79 Å². The van der Waals surface area contributed by atoms with Crippen LogP contribution in [0.15, 0.2) is 42.6 Å². The molecule has 0 bridgehead atoms. The molecule has 1 aliphatic rings. The third-order valence-electron chi connectivity index (χ3n) is 4.14. The Hall–Kier alpha value is -2.40. The molecule has 1 aliphatic heterocycles. The number of piperazine rings is 1. The molecule has 0 unspecified atom stereocenters. The Bertz CT molecular complexity index is 676. The Balaban J connectivity index is 1.79. The highest BCUT2D eigenvalue weighted by Crippen LogP contribution is 2.20. The third kappa shape index (κ3) is 3.68. The number of likely N-dealkylation sites (N-methyl/N-ethyl adjacent to an activating group) is 1. The van der Waals surface area contributed by atoms with E-state index in [0.29, 0.717) is 5.56 Å². The molecule has 23 heavy (non-hydrogen) atoms. The molecule has 1 amide bonds. The minimum Gasteiger partial charge on any atom is -0.353 e. The van der Waals surface area contributed by atoms with E-state index >= 15 is 0 Å². The number of aryl methyl sites for hydroxylation is 1. The van der Waals surface area contributed by atoms with E-state index in [2.05, 4.69) is 27.1 Å². The van der Waals surface area contributed by atoms with Gasteiger partial charge in [0.25, 0.3) is 5.91 Å². The van der Waals surface area contributed by atoms with Crippen molar-refractivity contribution in [1.82, 2.24) is 9.88 Å². The summed E-state index contributed by atoms with van der Waals surface area (Å²) < 4.78 is 0. The molecule has 0 atom stereocenters. The molecule has 1 aromatic heterocycles. The first-order chi connectivity index (χ1) is 11.1. The molecule has 0 radical (unpaired) electrons. The van der Waals surface area contributed by atoms with Crippen LogP contribution in [-0.2, 0) is 0 Å². The van der Waals surface area contributed by atoms with Gasteiger partial charge in [0, 0.05) is 38.1 Å². The summed E-state index contributed by atoms with van der Waals surface area (Å²) >= 11 is 0. The van der Waals surface area contributed by atoms with Crippen LogP contribution in [0.2, 0.25) is 0 Å². The van der Waals surface area contributed by atoms with Gasteiger partial charge >= 0.3 is 0 Å². The number of anilines is 2. The lowest BCUT2D eigenvalue weighted by molar-refractivity contribution is 0.102. The maximum Gasteiger partial charge on any atom is 0.259 e. The lowest BCUT2D eigenvalue weighted by Crippen LogP contribution is -2.45. The zero-order valence-electron chi connectivity index (χ0n) is 13.6. The van der Waals surface area contributed by atoms with Gasteiger partial charge in [-0.05, 0) is 38.2 Å². The lowest BCUT2D eigenvalue weighted by atomic mass is 10.2. The molecule has 5 nitrogen and oxygen atoms in total. The molecule has 5 heteroatoms. The van der Waals surface area contributed by atoms with Crippen molar-refractivity contribution in [3.05, 3.63) is 53.7 Å². The zero-order valence-corrected chi connectivity index (χ0v) is 13.6. The summed E-state index contributed by atoms with van der Waals surface area (Å²) in [6, 6.07) is 11.5. The maximum absolute atomic E-state index is 12.6. The monoisotopic (exact) mass is 310 g/mol. The van der Waals surface area contributed by atoms with Crippen LogP contribution >= 0.6 is 0 Å². The molecule has 120 valence electrons. The number of pyridine rings is 1. The fourth-order valence-corrected chi connectivity index (χ4v) is 2.68. The summed E-state index contributed by atoms with van der Waals surface area (Å²) in [7, 11) is 2.11. The SMILES string of the molecule is Cc1ccc(NC(=O)c2cccnc2N2CCN(C)CC2)cc1. The van der Waals surface area contributed by atoms with E-state index in [9.17, 15) is 4.79 Å². The summed E-state index contributed by atoms with van der Waals surface area (Å²) in [5, 5.41) is 2.96. The summed E-state index contributed by atoms with van der Waals surface area (Å²) in [4.78, 5) is 21.6. The molecule has 0 aliphatic carbocycles. The number of benzene rings is 1. The van der Waals surface area contributed by atoms with Gasteiger partial charge in [-0.1, -0.05) is 17.7 Å². The smallest absolute Gasteiger partial charge is 0.259 e. The van der Waals surface area contributed by atoms with Crippen molar-refractivity contribution in [1.29, 1.82) is 0 Å². The first-order valence-electron chi connectivity index (χ1n) is 7.90. The van der Waals surface area contributed by atoms with Crippen molar-refractivity contribution in [2.75, 3.05) is 43.4 Å². The third-order valence-corrected chi connectivity index (χ3v) is 4.14. The Morgan fingerprint density at radius 1 is 1.09 bits per heavy atom. The van der Waals surface area contributed by atoms with E-state index in [0.717, 1.165) is 37.7 Å². The van der Waals surface area contributed by atoms with E-state index < -0.39 is 0 Å². The molecule has 1 N–H and O–H groups in total. The first-order valence-corrected chi connectivity index (χ1v) is 7.90. The molecule has 2 heterocycles. The number of carbonyl (C=O) groups excluding carboxylic acids is 1. The van der Waals surface area contributed by atoms with Crippen LogP contribution in [0, 0.1) is 6.92 Å². The summed E-state index contributed by atoms with van der Waals surface area (Å²) in [5.74, 6) is 0.654. The second kappa shape index (κ2) is 6.79. The normalized spacial score (nSPS) is 15.5. The Labute approximate surface area is 136 Å². The largest absolute Gasteiger partial charge is 0.353 e. The molecule has 0 spiro atoms. The molecular formula is C18H22N4O. The standard InChI is InChI=1S/C18H22N4O/c1-14-5-7-15(8-6-14)20-18(23)16-4-3-9-19-17(16)22-12-10-21(2)11-13-22/h3-9H,10-13H2,1-2H3,(H,20,23). The van der Waals surface area contributed by atoms with E-state index in [-0.39, 0.29) is 5.91 Å². The fourth-order valence-electron chi connectivity index (χ4n) is 2.68. The highest BCUT2D eigenvalue weighted by molar-refractivity contribution is 6.07. The number of aromatic nitrogens is 1. The van der Waals surface area contributed by atoms with Crippen molar-refractivity contribution >= 4 is 17.4 Å². The Morgan fingerprint density at radius 3 is 2.48 bits per heavy atom. The van der Waals surface area contributed by atoms with E-state index in [4.69, 9.17) is 0 Å². The van der Waals surface area contributed by atoms with Crippen molar-refractivity contribution in [3.8, 4) is 0 Å². The molecule has 0 saturated carbocycles. The minimum atomic E-state index is -0.115. The van der Waals surface area contributed by atoms with Crippen LogP contribution in [0.4, 0.5) is 11.5 Å². The number of hydrogen-bond donors (Lipinski definition) is 1. The molecule has 2 aromatic rings. The first kappa shape index (κ1) is 15.5. The quantitative estimate of drug-likeness (QED) is 0.946. The average Bonchev–Trinajstić information content (AvgIpc) is 2.58. The maximum atomic E-state index is 12.6. The van der Waals surface area contributed by atoms with E-state index in [1.807, 2.05) is 43.3 Å². The number of nitrogens with one attached hydrogen (secondary N) is 1. The van der Waals surface area contributed by atoms with Gasteiger partial charge in [0.05, 0.1) is 5.56 Å². The summed E-state index contributed by atoms with van der Waals surface area (Å²) in [5.41, 5.74) is 2.59. The molecule has 3 rings (SSSR count). The second-order valence-corrected chi connectivity index (χ2v) is 5.99. The molecule has 1 fully saturated rings. The number of carbonyl (C=O) groups is 1. The number of hydrogen-bond acceptors (Lipinski definition) is 4. The predicted octanol–water partition coefficient (Wildman–Crippen LogP) is 2.39. The Morgan fingerprint density at radius 2 is 1.78 bits per heavy atom. The minimum absolute atomic E-state index is 0.115. The fraction of sp³-hybridized carbons (Fsp3) is 0.333. The number of amides is 1. The van der Waals surface area contributed by atoms with Crippen molar-refractivity contribution in [2.45, 2.75) is 6.92 Å². The van der Waals surface area contributed by atoms with E-state index in [1.54, 1.807) is 6.20 Å². The van der Waals surface area contributed by atoms with Gasteiger partial charge in [-0.15, -0.1) is 0 Å². The van der Waals surface area contributed by atoms with E-state index in [1.165, 1.54) is 5.56 Å². The van der Waals surface area contributed by atoms with Gasteiger partial charge in [0.2, 0.25) is 0 Å². The van der Waals surface area contributed by atoms with Gasteiger partial charge in [0.1, 0.15) is 5.82 Å². The Kier molecular flexibility index (Phi) is 4.57. The highest BCUT2D eigenvalue weighted by atomic mass is 16.1. The lowest BCUT2D eigenvalue weighted by Gasteiger charge is -2.34. The van der Waals surface area contributed by atoms with Crippen LogP contribution in [0.25, 0.3) is 0 Å². The van der Waals surface area contributed by atoms with Crippen LogP contribution in [-0.4, -0.2) is 49.0 Å². The van der Waals surface area contributed by atoms with Crippen LogP contribution in [0.5, 0.6) is 0 Å². The zero-order chi connectivity index (χ0) is 16.2. The summed E-state index contributed by atoms with van der Waals surface area (Å²) in [6.07, 6.45) is 1.75. The van der Waals surface area contributed by atoms with Crippen molar-refractivity contribution < 1.29 is 4.79 Å². The van der Waals surface area contributed by atoms with Crippen LogP contribution < -0.4 is 10.2 Å². The van der Waals surface area contributed by atoms with Gasteiger partial charge in [0.15, 0.2) is 0 Å².